The lowest BCUT2D eigenvalue weighted by molar-refractivity contribution is -0.122. The van der Waals surface area contributed by atoms with Crippen LogP contribution >= 0.6 is 0 Å². The number of nitrogens with zero attached hydrogens (tertiary/aromatic N) is 1. The summed E-state index contributed by atoms with van der Waals surface area (Å²) < 4.78 is 0. The highest BCUT2D eigenvalue weighted by atomic mass is 16.1. The quantitative estimate of drug-likeness (QED) is 0.856. The van der Waals surface area contributed by atoms with Crippen LogP contribution in [-0.2, 0) is 16.8 Å². The van der Waals surface area contributed by atoms with Crippen molar-refractivity contribution < 1.29 is 4.79 Å². The molecular weight excluding hydrogens is 262 g/mol. The first-order valence-electron chi connectivity index (χ1n) is 7.54. The molecule has 1 aromatic carbocycles. The van der Waals surface area contributed by atoms with E-state index in [0.29, 0.717) is 6.42 Å². The first kappa shape index (κ1) is 13.9. The molecule has 21 heavy (non-hydrogen) atoms. The van der Waals surface area contributed by atoms with Gasteiger partial charge in [0, 0.05) is 12.6 Å². The zero-order valence-corrected chi connectivity index (χ0v) is 12.4. The highest BCUT2D eigenvalue weighted by molar-refractivity contribution is 5.77. The Morgan fingerprint density at radius 1 is 1.33 bits per heavy atom. The van der Waals surface area contributed by atoms with Crippen molar-refractivity contribution in [2.24, 2.45) is 0 Å². The molecular formula is C17H21N3O. The molecule has 1 fully saturated rings. The zero-order valence-electron chi connectivity index (χ0n) is 12.4. The number of aryl methyl sites for hydroxylation is 2. The summed E-state index contributed by atoms with van der Waals surface area (Å²) in [5.41, 5.74) is 3.54. The maximum Gasteiger partial charge on any atom is 0.220 e. The lowest BCUT2D eigenvalue weighted by atomic mass is 10.0. The number of nitrogens with one attached hydrogen (secondary N) is 2. The summed E-state index contributed by atoms with van der Waals surface area (Å²) in [6.45, 7) is 2.08. The minimum absolute atomic E-state index is 0.0968. The molecule has 1 aromatic heterocycles. The van der Waals surface area contributed by atoms with E-state index in [1.807, 2.05) is 12.4 Å². The number of carbonyl (C=O) groups is 1. The highest BCUT2D eigenvalue weighted by Crippen LogP contribution is 2.45. The van der Waals surface area contributed by atoms with E-state index in [0.717, 1.165) is 31.2 Å². The largest absolute Gasteiger partial charge is 0.347 e. The molecule has 2 N–H and O–H groups in total. The number of H-pyrrole nitrogens is 1. The SMILES string of the molecule is Cc1ccc(C2(NC(=O)CCCc3cn[nH]c3)CC2)cc1. The van der Waals surface area contributed by atoms with Gasteiger partial charge in [0.05, 0.1) is 11.7 Å². The summed E-state index contributed by atoms with van der Waals surface area (Å²) in [5.74, 6) is 0.150. The molecule has 0 atom stereocenters. The van der Waals surface area contributed by atoms with Crippen molar-refractivity contribution in [1.82, 2.24) is 15.5 Å². The summed E-state index contributed by atoms with van der Waals surface area (Å²) in [6, 6.07) is 8.49. The van der Waals surface area contributed by atoms with Crippen LogP contribution in [-0.4, -0.2) is 16.1 Å². The fourth-order valence-electron chi connectivity index (χ4n) is 2.68. The lowest BCUT2D eigenvalue weighted by Crippen LogP contribution is -2.34. The van der Waals surface area contributed by atoms with Gasteiger partial charge >= 0.3 is 0 Å². The van der Waals surface area contributed by atoms with Crippen molar-refractivity contribution in [3.05, 3.63) is 53.3 Å². The van der Waals surface area contributed by atoms with Gasteiger partial charge in [0.1, 0.15) is 0 Å². The van der Waals surface area contributed by atoms with Gasteiger partial charge in [0.15, 0.2) is 0 Å². The minimum atomic E-state index is -0.0968. The molecule has 0 bridgehead atoms. The fraction of sp³-hybridized carbons (Fsp3) is 0.412. The highest BCUT2D eigenvalue weighted by Gasteiger charge is 2.45. The molecule has 3 rings (SSSR count). The Morgan fingerprint density at radius 2 is 2.10 bits per heavy atom. The molecule has 1 aliphatic rings. The molecule has 4 heteroatoms. The van der Waals surface area contributed by atoms with E-state index in [9.17, 15) is 4.79 Å². The molecule has 2 aromatic rings. The third-order valence-electron chi connectivity index (χ3n) is 4.16. The minimum Gasteiger partial charge on any atom is -0.347 e. The van der Waals surface area contributed by atoms with Gasteiger partial charge in [-0.05, 0) is 43.7 Å². The van der Waals surface area contributed by atoms with Crippen LogP contribution < -0.4 is 5.32 Å². The topological polar surface area (TPSA) is 57.8 Å². The first-order chi connectivity index (χ1) is 10.2. The van der Waals surface area contributed by atoms with Crippen molar-refractivity contribution in [2.45, 2.75) is 44.6 Å². The number of rotatable bonds is 6. The molecule has 110 valence electrons. The van der Waals surface area contributed by atoms with Crippen LogP contribution in [0.15, 0.2) is 36.7 Å². The van der Waals surface area contributed by atoms with Gasteiger partial charge in [-0.1, -0.05) is 29.8 Å². The zero-order chi connectivity index (χ0) is 14.7. The second-order valence-electron chi connectivity index (χ2n) is 5.96. The summed E-state index contributed by atoms with van der Waals surface area (Å²) in [6.07, 6.45) is 8.10. The summed E-state index contributed by atoms with van der Waals surface area (Å²) in [4.78, 5) is 12.1. The van der Waals surface area contributed by atoms with Crippen LogP contribution in [0.4, 0.5) is 0 Å². The van der Waals surface area contributed by atoms with Crippen molar-refractivity contribution >= 4 is 5.91 Å². The van der Waals surface area contributed by atoms with Crippen LogP contribution in [0.1, 0.15) is 42.4 Å². The molecule has 4 nitrogen and oxygen atoms in total. The summed E-state index contributed by atoms with van der Waals surface area (Å²) >= 11 is 0. The van der Waals surface area contributed by atoms with Crippen LogP contribution in [0.25, 0.3) is 0 Å². The van der Waals surface area contributed by atoms with E-state index in [1.54, 1.807) is 0 Å². The smallest absolute Gasteiger partial charge is 0.220 e. The first-order valence-corrected chi connectivity index (χ1v) is 7.54. The fourth-order valence-corrected chi connectivity index (χ4v) is 2.68. The van der Waals surface area contributed by atoms with Crippen LogP contribution in [0.2, 0.25) is 0 Å². The number of hydrogen-bond donors (Lipinski definition) is 2. The van der Waals surface area contributed by atoms with Gasteiger partial charge in [0.2, 0.25) is 5.91 Å². The average molecular weight is 283 g/mol. The Bertz CT molecular complexity index is 597. The Morgan fingerprint density at radius 3 is 2.71 bits per heavy atom. The molecule has 1 amide bonds. The third-order valence-corrected chi connectivity index (χ3v) is 4.16. The van der Waals surface area contributed by atoms with Gasteiger partial charge in [-0.25, -0.2) is 0 Å². The van der Waals surface area contributed by atoms with Crippen molar-refractivity contribution in [3.8, 4) is 0 Å². The summed E-state index contributed by atoms with van der Waals surface area (Å²) in [5, 5.41) is 9.92. The second kappa shape index (κ2) is 5.72. The van der Waals surface area contributed by atoms with Crippen LogP contribution in [0.5, 0.6) is 0 Å². The van der Waals surface area contributed by atoms with Gasteiger partial charge in [0.25, 0.3) is 0 Å². The molecule has 0 unspecified atom stereocenters. The van der Waals surface area contributed by atoms with E-state index in [4.69, 9.17) is 0 Å². The van der Waals surface area contributed by atoms with Crippen LogP contribution in [0.3, 0.4) is 0 Å². The molecule has 0 radical (unpaired) electrons. The number of carbonyl (C=O) groups excluding carboxylic acids is 1. The molecule has 0 spiro atoms. The van der Waals surface area contributed by atoms with Gasteiger partial charge < -0.3 is 5.32 Å². The standard InChI is InChI=1S/C17H21N3O/c1-13-5-7-15(8-6-13)17(9-10-17)20-16(21)4-2-3-14-11-18-19-12-14/h5-8,11-12H,2-4,9-10H2,1H3,(H,18,19)(H,20,21). The van der Waals surface area contributed by atoms with E-state index < -0.39 is 0 Å². The van der Waals surface area contributed by atoms with E-state index in [1.165, 1.54) is 11.1 Å². The second-order valence-corrected chi connectivity index (χ2v) is 5.96. The maximum absolute atomic E-state index is 12.1. The van der Waals surface area contributed by atoms with E-state index in [2.05, 4.69) is 46.7 Å². The number of benzene rings is 1. The maximum atomic E-state index is 12.1. The van der Waals surface area contributed by atoms with Crippen LogP contribution in [0, 0.1) is 6.92 Å². The normalized spacial score (nSPS) is 15.7. The monoisotopic (exact) mass is 283 g/mol. The predicted octanol–water partition coefficient (Wildman–Crippen LogP) is 2.85. The molecule has 1 aliphatic carbocycles. The predicted molar refractivity (Wildman–Crippen MR) is 81.8 cm³/mol. The average Bonchev–Trinajstić information content (AvgIpc) is 3.05. The summed E-state index contributed by atoms with van der Waals surface area (Å²) in [7, 11) is 0. The third kappa shape index (κ3) is 3.32. The Kier molecular flexibility index (Phi) is 3.78. The van der Waals surface area contributed by atoms with Gasteiger partial charge in [-0.2, -0.15) is 5.10 Å². The van der Waals surface area contributed by atoms with Crippen molar-refractivity contribution in [2.75, 3.05) is 0 Å². The van der Waals surface area contributed by atoms with E-state index >= 15 is 0 Å². The van der Waals surface area contributed by atoms with Crippen molar-refractivity contribution in [1.29, 1.82) is 0 Å². The van der Waals surface area contributed by atoms with Gasteiger partial charge in [-0.15, -0.1) is 0 Å². The van der Waals surface area contributed by atoms with E-state index in [-0.39, 0.29) is 11.4 Å². The molecule has 1 saturated carbocycles. The molecule has 1 heterocycles. The number of hydrogen-bond acceptors (Lipinski definition) is 2. The Hall–Kier alpha value is -2.10. The lowest BCUT2D eigenvalue weighted by Gasteiger charge is -2.18. The number of amides is 1. The Balaban J connectivity index is 1.51. The molecule has 0 saturated heterocycles. The number of aromatic amines is 1. The van der Waals surface area contributed by atoms with Gasteiger partial charge in [-0.3, -0.25) is 9.89 Å². The number of aromatic nitrogens is 2. The van der Waals surface area contributed by atoms with Crippen molar-refractivity contribution in [3.63, 3.8) is 0 Å². The Labute approximate surface area is 125 Å². The molecule has 0 aliphatic heterocycles.